The first-order chi connectivity index (χ1) is 8.88. The zero-order chi connectivity index (χ0) is 13.1. The lowest BCUT2D eigenvalue weighted by Crippen LogP contribution is -2.14. The zero-order valence-electron chi connectivity index (χ0n) is 11.6. The monoisotopic (exact) mass is 247 g/mol. The van der Waals surface area contributed by atoms with Crippen molar-refractivity contribution in [2.45, 2.75) is 33.1 Å². The van der Waals surface area contributed by atoms with Crippen LogP contribution >= 0.6 is 0 Å². The van der Waals surface area contributed by atoms with Crippen LogP contribution in [-0.4, -0.2) is 19.7 Å². The summed E-state index contributed by atoms with van der Waals surface area (Å²) in [5.74, 6) is 0.983. The maximum Gasteiger partial charge on any atom is 0.126 e. The highest BCUT2D eigenvalue weighted by Crippen LogP contribution is 2.19. The lowest BCUT2D eigenvalue weighted by Gasteiger charge is -2.07. The van der Waals surface area contributed by atoms with Crippen molar-refractivity contribution in [2.75, 3.05) is 19.7 Å². The zero-order valence-corrected chi connectivity index (χ0v) is 11.6. The van der Waals surface area contributed by atoms with E-state index in [0.717, 1.165) is 38.3 Å². The largest absolute Gasteiger partial charge is 0.493 e. The van der Waals surface area contributed by atoms with E-state index in [1.165, 1.54) is 12.0 Å². The van der Waals surface area contributed by atoms with Gasteiger partial charge in [-0.05, 0) is 38.4 Å². The molecule has 1 N–H and O–H groups in total. The van der Waals surface area contributed by atoms with Crippen molar-refractivity contribution in [3.8, 4) is 5.75 Å². The van der Waals surface area contributed by atoms with E-state index in [-0.39, 0.29) is 0 Å². The maximum atomic E-state index is 5.72. The van der Waals surface area contributed by atoms with E-state index in [4.69, 9.17) is 4.74 Å². The van der Waals surface area contributed by atoms with Gasteiger partial charge in [0.2, 0.25) is 0 Å². The summed E-state index contributed by atoms with van der Waals surface area (Å²) in [7, 11) is 0. The molecular weight excluding hydrogens is 222 g/mol. The van der Waals surface area contributed by atoms with Crippen molar-refractivity contribution in [3.05, 3.63) is 35.9 Å². The number of hydrogen-bond acceptors (Lipinski definition) is 2. The summed E-state index contributed by atoms with van der Waals surface area (Å²) in [5.41, 5.74) is 1.17. The molecule has 0 radical (unpaired) electrons. The molecule has 0 fully saturated rings. The minimum atomic E-state index is 0.781. The molecule has 2 heteroatoms. The van der Waals surface area contributed by atoms with Gasteiger partial charge in [-0.1, -0.05) is 44.2 Å². The molecule has 100 valence electrons. The van der Waals surface area contributed by atoms with Crippen molar-refractivity contribution in [1.82, 2.24) is 5.32 Å². The van der Waals surface area contributed by atoms with Gasteiger partial charge in [-0.15, -0.1) is 0 Å². The number of ether oxygens (including phenoxy) is 1. The third-order valence-corrected chi connectivity index (χ3v) is 2.59. The molecule has 0 saturated carbocycles. The Bertz CT molecular complexity index is 347. The topological polar surface area (TPSA) is 21.3 Å². The molecular formula is C16H25NO. The van der Waals surface area contributed by atoms with E-state index in [2.05, 4.69) is 37.4 Å². The van der Waals surface area contributed by atoms with Gasteiger partial charge in [0.15, 0.2) is 0 Å². The minimum Gasteiger partial charge on any atom is -0.493 e. The molecule has 0 spiro atoms. The van der Waals surface area contributed by atoms with Crippen LogP contribution < -0.4 is 10.1 Å². The average molecular weight is 247 g/mol. The van der Waals surface area contributed by atoms with Crippen LogP contribution in [0.2, 0.25) is 0 Å². The van der Waals surface area contributed by atoms with E-state index >= 15 is 0 Å². The predicted molar refractivity (Wildman–Crippen MR) is 79.0 cm³/mol. The van der Waals surface area contributed by atoms with Crippen LogP contribution in [0, 0.1) is 0 Å². The summed E-state index contributed by atoms with van der Waals surface area (Å²) < 4.78 is 5.72. The van der Waals surface area contributed by atoms with Gasteiger partial charge in [-0.25, -0.2) is 0 Å². The molecule has 0 amide bonds. The Balaban J connectivity index is 2.42. The van der Waals surface area contributed by atoms with Crippen LogP contribution in [0.1, 0.15) is 38.7 Å². The molecule has 0 aromatic heterocycles. The quantitative estimate of drug-likeness (QED) is 0.669. The first-order valence-corrected chi connectivity index (χ1v) is 6.97. The van der Waals surface area contributed by atoms with Gasteiger partial charge in [-0.2, -0.15) is 0 Å². The minimum absolute atomic E-state index is 0.781. The molecule has 1 aromatic carbocycles. The van der Waals surface area contributed by atoms with E-state index in [1.54, 1.807) is 0 Å². The van der Waals surface area contributed by atoms with E-state index < -0.39 is 0 Å². The van der Waals surface area contributed by atoms with Gasteiger partial charge in [0.1, 0.15) is 5.75 Å². The standard InChI is InChI=1S/C16H25NO/c1-3-12-17-13-8-7-10-15-9-5-6-11-16(15)18-14-4-2/h5-7,9-11,17H,3-4,8,12-14H2,1-2H3/b10-7+. The van der Waals surface area contributed by atoms with Crippen molar-refractivity contribution < 1.29 is 4.74 Å². The Kier molecular flexibility index (Phi) is 7.98. The van der Waals surface area contributed by atoms with Crippen LogP contribution in [0.25, 0.3) is 6.08 Å². The predicted octanol–water partition coefficient (Wildman–Crippen LogP) is 3.88. The molecule has 1 rings (SSSR count). The Morgan fingerprint density at radius 1 is 1.11 bits per heavy atom. The molecule has 1 aromatic rings. The maximum absolute atomic E-state index is 5.72. The van der Waals surface area contributed by atoms with Gasteiger partial charge in [0.25, 0.3) is 0 Å². The van der Waals surface area contributed by atoms with E-state index in [1.807, 2.05) is 18.2 Å². The second-order valence-corrected chi connectivity index (χ2v) is 4.33. The van der Waals surface area contributed by atoms with Crippen LogP contribution in [-0.2, 0) is 0 Å². The third-order valence-electron chi connectivity index (χ3n) is 2.59. The highest BCUT2D eigenvalue weighted by Gasteiger charge is 1.97. The molecule has 0 unspecified atom stereocenters. The van der Waals surface area contributed by atoms with Crippen molar-refractivity contribution in [1.29, 1.82) is 0 Å². The highest BCUT2D eigenvalue weighted by atomic mass is 16.5. The highest BCUT2D eigenvalue weighted by molar-refractivity contribution is 5.57. The second kappa shape index (κ2) is 9.72. The molecule has 0 aliphatic carbocycles. The molecule has 0 atom stereocenters. The van der Waals surface area contributed by atoms with Crippen LogP contribution in [0.15, 0.2) is 30.3 Å². The molecule has 0 aliphatic heterocycles. The van der Waals surface area contributed by atoms with E-state index in [0.29, 0.717) is 0 Å². The van der Waals surface area contributed by atoms with Gasteiger partial charge in [0.05, 0.1) is 6.61 Å². The molecule has 0 saturated heterocycles. The summed E-state index contributed by atoms with van der Waals surface area (Å²) >= 11 is 0. The number of nitrogens with one attached hydrogen (secondary N) is 1. The van der Waals surface area contributed by atoms with Crippen molar-refractivity contribution in [2.24, 2.45) is 0 Å². The fraction of sp³-hybridized carbons (Fsp3) is 0.500. The summed E-state index contributed by atoms with van der Waals surface area (Å²) in [6.07, 6.45) is 7.65. The lowest BCUT2D eigenvalue weighted by atomic mass is 10.1. The number of para-hydroxylation sites is 1. The van der Waals surface area contributed by atoms with Crippen LogP contribution in [0.5, 0.6) is 5.75 Å². The molecule has 0 heterocycles. The molecule has 0 bridgehead atoms. The third kappa shape index (κ3) is 5.87. The molecule has 2 nitrogen and oxygen atoms in total. The normalized spacial score (nSPS) is 11.0. The lowest BCUT2D eigenvalue weighted by molar-refractivity contribution is 0.317. The first-order valence-electron chi connectivity index (χ1n) is 6.97. The summed E-state index contributed by atoms with van der Waals surface area (Å²) in [6.45, 7) is 7.23. The Morgan fingerprint density at radius 3 is 2.72 bits per heavy atom. The number of hydrogen-bond donors (Lipinski definition) is 1. The summed E-state index contributed by atoms with van der Waals surface area (Å²) in [4.78, 5) is 0. The van der Waals surface area contributed by atoms with Gasteiger partial charge in [-0.3, -0.25) is 0 Å². The Hall–Kier alpha value is -1.28. The number of rotatable bonds is 9. The molecule has 0 aliphatic rings. The second-order valence-electron chi connectivity index (χ2n) is 4.33. The fourth-order valence-corrected chi connectivity index (χ4v) is 1.66. The van der Waals surface area contributed by atoms with Gasteiger partial charge >= 0.3 is 0 Å². The molecule has 18 heavy (non-hydrogen) atoms. The summed E-state index contributed by atoms with van der Waals surface area (Å²) in [6, 6.07) is 8.20. The van der Waals surface area contributed by atoms with E-state index in [9.17, 15) is 0 Å². The smallest absolute Gasteiger partial charge is 0.126 e. The van der Waals surface area contributed by atoms with Crippen LogP contribution in [0.4, 0.5) is 0 Å². The Morgan fingerprint density at radius 2 is 1.94 bits per heavy atom. The first kappa shape index (κ1) is 14.8. The summed E-state index contributed by atoms with van der Waals surface area (Å²) in [5, 5.41) is 3.39. The van der Waals surface area contributed by atoms with Crippen molar-refractivity contribution in [3.63, 3.8) is 0 Å². The average Bonchev–Trinajstić information content (AvgIpc) is 2.41. The van der Waals surface area contributed by atoms with Gasteiger partial charge < -0.3 is 10.1 Å². The fourth-order valence-electron chi connectivity index (χ4n) is 1.66. The van der Waals surface area contributed by atoms with Crippen LogP contribution in [0.3, 0.4) is 0 Å². The van der Waals surface area contributed by atoms with Gasteiger partial charge in [0, 0.05) is 5.56 Å². The van der Waals surface area contributed by atoms with Crippen molar-refractivity contribution >= 4 is 6.08 Å². The number of benzene rings is 1. The SMILES string of the molecule is CCCNCC/C=C/c1ccccc1OCCC. The Labute approximate surface area is 111 Å².